The molecule has 0 amide bonds. The summed E-state index contributed by atoms with van der Waals surface area (Å²) >= 11 is 1.69. The molecular weight excluding hydrogens is 307 g/mol. The van der Waals surface area contributed by atoms with Gasteiger partial charge in [-0.2, -0.15) is 4.39 Å². The lowest BCUT2D eigenvalue weighted by atomic mass is 10.2. The first-order valence-electron chi connectivity index (χ1n) is 3.74. The molecule has 0 saturated carbocycles. The van der Waals surface area contributed by atoms with Crippen molar-refractivity contribution < 1.29 is 18.3 Å². The highest BCUT2D eigenvalue weighted by Gasteiger charge is 2.21. The molecule has 0 unspecified atom stereocenters. The number of hydrogen-bond acceptors (Lipinski definition) is 3. The van der Waals surface area contributed by atoms with Crippen molar-refractivity contribution in [3.8, 4) is 0 Å². The monoisotopic (exact) mass is 313 g/mol. The highest BCUT2D eigenvalue weighted by Crippen LogP contribution is 2.17. The second-order valence-electron chi connectivity index (χ2n) is 2.31. The van der Waals surface area contributed by atoms with Gasteiger partial charge in [0.15, 0.2) is 5.82 Å². The summed E-state index contributed by atoms with van der Waals surface area (Å²) in [7, 11) is 0. The van der Waals surface area contributed by atoms with Gasteiger partial charge < -0.3 is 4.74 Å². The van der Waals surface area contributed by atoms with Gasteiger partial charge in [0.2, 0.25) is 5.95 Å². The van der Waals surface area contributed by atoms with Gasteiger partial charge >= 0.3 is 5.97 Å². The van der Waals surface area contributed by atoms with E-state index < -0.39 is 23.3 Å². The van der Waals surface area contributed by atoms with Crippen molar-refractivity contribution in [3.63, 3.8) is 0 Å². The van der Waals surface area contributed by atoms with E-state index in [2.05, 4.69) is 9.72 Å². The van der Waals surface area contributed by atoms with Gasteiger partial charge in [-0.15, -0.1) is 0 Å². The SMILES string of the molecule is CCOC(=O)c1c(I)cnc(F)c1F. The van der Waals surface area contributed by atoms with Crippen molar-refractivity contribution in [2.45, 2.75) is 6.92 Å². The number of esters is 1. The van der Waals surface area contributed by atoms with E-state index in [1.807, 2.05) is 0 Å². The lowest BCUT2D eigenvalue weighted by Crippen LogP contribution is -2.11. The van der Waals surface area contributed by atoms with Crippen LogP contribution in [-0.2, 0) is 4.74 Å². The van der Waals surface area contributed by atoms with Crippen molar-refractivity contribution in [1.29, 1.82) is 0 Å². The topological polar surface area (TPSA) is 39.2 Å². The highest BCUT2D eigenvalue weighted by molar-refractivity contribution is 14.1. The minimum absolute atomic E-state index is 0.109. The van der Waals surface area contributed by atoms with Gasteiger partial charge in [0, 0.05) is 9.77 Å². The van der Waals surface area contributed by atoms with Crippen LogP contribution in [0, 0.1) is 15.3 Å². The number of ether oxygens (including phenoxy) is 1. The van der Waals surface area contributed by atoms with E-state index >= 15 is 0 Å². The summed E-state index contributed by atoms with van der Waals surface area (Å²) in [4.78, 5) is 14.3. The summed E-state index contributed by atoms with van der Waals surface area (Å²) in [5.41, 5.74) is -0.403. The minimum Gasteiger partial charge on any atom is -0.462 e. The van der Waals surface area contributed by atoms with E-state index in [-0.39, 0.29) is 10.2 Å². The summed E-state index contributed by atoms with van der Waals surface area (Å²) in [5.74, 6) is -3.44. The smallest absolute Gasteiger partial charge is 0.342 e. The summed E-state index contributed by atoms with van der Waals surface area (Å²) in [6.07, 6.45) is 1.07. The fourth-order valence-corrected chi connectivity index (χ4v) is 1.43. The summed E-state index contributed by atoms with van der Waals surface area (Å²) in [6, 6.07) is 0. The van der Waals surface area contributed by atoms with Crippen LogP contribution in [-0.4, -0.2) is 17.6 Å². The maximum absolute atomic E-state index is 13.1. The molecule has 1 rings (SSSR count). The molecule has 0 saturated heterocycles. The Bertz CT molecular complexity index is 371. The van der Waals surface area contributed by atoms with E-state index in [1.54, 1.807) is 29.5 Å². The molecule has 0 spiro atoms. The molecule has 0 fully saturated rings. The minimum atomic E-state index is -1.30. The molecule has 6 heteroatoms. The van der Waals surface area contributed by atoms with E-state index in [0.29, 0.717) is 0 Å². The fourth-order valence-electron chi connectivity index (χ4n) is 0.833. The third kappa shape index (κ3) is 2.17. The van der Waals surface area contributed by atoms with Crippen molar-refractivity contribution in [3.05, 3.63) is 27.1 Å². The molecule has 0 bridgehead atoms. The normalized spacial score (nSPS) is 10.0. The predicted octanol–water partition coefficient (Wildman–Crippen LogP) is 2.14. The van der Waals surface area contributed by atoms with Crippen LogP contribution in [0.2, 0.25) is 0 Å². The van der Waals surface area contributed by atoms with Gasteiger partial charge in [-0.05, 0) is 29.5 Å². The number of pyridine rings is 1. The zero-order chi connectivity index (χ0) is 10.7. The molecule has 0 N–H and O–H groups in total. The van der Waals surface area contributed by atoms with Crippen molar-refractivity contribution in [2.75, 3.05) is 6.61 Å². The Morgan fingerprint density at radius 3 is 2.86 bits per heavy atom. The van der Waals surface area contributed by atoms with Gasteiger partial charge in [-0.25, -0.2) is 14.2 Å². The number of hydrogen-bond donors (Lipinski definition) is 0. The zero-order valence-electron chi connectivity index (χ0n) is 7.18. The first-order chi connectivity index (χ1) is 6.57. The molecule has 0 radical (unpaired) electrons. The quantitative estimate of drug-likeness (QED) is 0.477. The van der Waals surface area contributed by atoms with Crippen LogP contribution in [0.4, 0.5) is 8.78 Å². The third-order valence-corrected chi connectivity index (χ3v) is 2.23. The Kier molecular flexibility index (Phi) is 3.73. The number of aromatic nitrogens is 1. The van der Waals surface area contributed by atoms with Crippen molar-refractivity contribution in [2.24, 2.45) is 0 Å². The lowest BCUT2D eigenvalue weighted by molar-refractivity contribution is 0.0518. The average molecular weight is 313 g/mol. The van der Waals surface area contributed by atoms with Crippen LogP contribution in [0.15, 0.2) is 6.20 Å². The standard InChI is InChI=1S/C8H6F2INO2/c1-2-14-8(13)5-4(11)3-12-7(10)6(5)9/h3H,2H2,1H3. The van der Waals surface area contributed by atoms with E-state index in [0.717, 1.165) is 6.20 Å². The van der Waals surface area contributed by atoms with Gasteiger partial charge in [0.25, 0.3) is 0 Å². The van der Waals surface area contributed by atoms with Gasteiger partial charge in [0.1, 0.15) is 5.56 Å². The van der Waals surface area contributed by atoms with E-state index in [1.165, 1.54) is 0 Å². The summed E-state index contributed by atoms with van der Waals surface area (Å²) < 4.78 is 30.5. The summed E-state index contributed by atoms with van der Waals surface area (Å²) in [5, 5.41) is 0. The van der Waals surface area contributed by atoms with E-state index in [4.69, 9.17) is 0 Å². The van der Waals surface area contributed by atoms with Crippen molar-refractivity contribution >= 4 is 28.6 Å². The Balaban J connectivity index is 3.18. The highest BCUT2D eigenvalue weighted by atomic mass is 127. The molecule has 0 aromatic carbocycles. The van der Waals surface area contributed by atoms with Crippen molar-refractivity contribution in [1.82, 2.24) is 4.98 Å². The summed E-state index contributed by atoms with van der Waals surface area (Å²) in [6.45, 7) is 1.69. The van der Waals surface area contributed by atoms with E-state index in [9.17, 15) is 13.6 Å². The second kappa shape index (κ2) is 4.63. The predicted molar refractivity (Wildman–Crippen MR) is 52.8 cm³/mol. The first-order valence-corrected chi connectivity index (χ1v) is 4.82. The molecule has 1 heterocycles. The van der Waals surface area contributed by atoms with Crippen LogP contribution < -0.4 is 0 Å². The second-order valence-corrected chi connectivity index (χ2v) is 3.47. The number of rotatable bonds is 2. The largest absolute Gasteiger partial charge is 0.462 e. The van der Waals surface area contributed by atoms with Gasteiger partial charge in [-0.3, -0.25) is 0 Å². The van der Waals surface area contributed by atoms with Gasteiger partial charge in [-0.1, -0.05) is 0 Å². The van der Waals surface area contributed by atoms with Gasteiger partial charge in [0.05, 0.1) is 6.61 Å². The molecule has 3 nitrogen and oxygen atoms in total. The number of nitrogens with zero attached hydrogens (tertiary/aromatic N) is 1. The van der Waals surface area contributed by atoms with Crippen LogP contribution in [0.25, 0.3) is 0 Å². The number of halogens is 3. The molecule has 0 aliphatic rings. The molecule has 1 aromatic rings. The Labute approximate surface area is 92.6 Å². The zero-order valence-corrected chi connectivity index (χ0v) is 9.34. The Hall–Kier alpha value is -0.790. The molecule has 14 heavy (non-hydrogen) atoms. The Morgan fingerprint density at radius 1 is 1.64 bits per heavy atom. The molecule has 0 aliphatic carbocycles. The van der Waals surface area contributed by atoms with Crippen LogP contribution >= 0.6 is 22.6 Å². The molecule has 76 valence electrons. The molecule has 1 aromatic heterocycles. The lowest BCUT2D eigenvalue weighted by Gasteiger charge is -2.04. The molecular formula is C8H6F2INO2. The maximum Gasteiger partial charge on any atom is 0.342 e. The molecule has 0 aliphatic heterocycles. The Morgan fingerprint density at radius 2 is 2.29 bits per heavy atom. The number of carbonyl (C=O) groups is 1. The fraction of sp³-hybridized carbons (Fsp3) is 0.250. The maximum atomic E-state index is 13.1. The average Bonchev–Trinajstić information content (AvgIpc) is 2.13. The van der Waals surface area contributed by atoms with Crippen LogP contribution in [0.3, 0.4) is 0 Å². The van der Waals surface area contributed by atoms with Crippen LogP contribution in [0.1, 0.15) is 17.3 Å². The number of carbonyl (C=O) groups excluding carboxylic acids is 1. The van der Waals surface area contributed by atoms with Crippen LogP contribution in [0.5, 0.6) is 0 Å². The third-order valence-electron chi connectivity index (χ3n) is 1.41. The first kappa shape index (κ1) is 11.3. The molecule has 0 atom stereocenters.